The zero-order valence-corrected chi connectivity index (χ0v) is 24.6. The predicted molar refractivity (Wildman–Crippen MR) is 155 cm³/mol. The highest BCUT2D eigenvalue weighted by molar-refractivity contribution is 5.66. The average Bonchev–Trinajstić information content (AvgIpc) is 3.18. The van der Waals surface area contributed by atoms with Gasteiger partial charge in [-0.15, -0.1) is 0 Å². The second-order valence-corrected chi connectivity index (χ2v) is 13.9. The quantitative estimate of drug-likeness (QED) is 0.378. The minimum atomic E-state index is -0.666. The molecular weight excluding hydrogens is 456 g/mol. The molecule has 2 N–H and O–H groups in total. The third-order valence-electron chi connectivity index (χ3n) is 8.68. The summed E-state index contributed by atoms with van der Waals surface area (Å²) < 4.78 is 8.18. The fourth-order valence-corrected chi connectivity index (χ4v) is 6.04. The molecule has 1 aromatic heterocycles. The molecule has 2 heterocycles. The Morgan fingerprint density at radius 1 is 0.892 bits per heavy atom. The second kappa shape index (κ2) is 11.6. The zero-order chi connectivity index (χ0) is 26.8. The Hall–Kier alpha value is -1.62. The lowest BCUT2D eigenvalue weighted by Crippen LogP contribution is -2.32. The van der Waals surface area contributed by atoms with E-state index in [9.17, 15) is 5.11 Å². The van der Waals surface area contributed by atoms with E-state index in [1.54, 1.807) is 0 Å². The molecule has 4 rings (SSSR count). The van der Waals surface area contributed by atoms with Crippen molar-refractivity contribution < 1.29 is 9.84 Å². The number of benzene rings is 1. The van der Waals surface area contributed by atoms with Crippen LogP contribution in [0.25, 0.3) is 11.3 Å². The maximum absolute atomic E-state index is 11.3. The summed E-state index contributed by atoms with van der Waals surface area (Å²) in [5, 5.41) is 14.8. The monoisotopic (exact) mass is 508 g/mol. The number of nitrogens with zero attached hydrogens (tertiary/aromatic N) is 1. The highest BCUT2D eigenvalue weighted by Crippen LogP contribution is 2.37. The van der Waals surface area contributed by atoms with Gasteiger partial charge in [-0.1, -0.05) is 66.9 Å². The van der Waals surface area contributed by atoms with Gasteiger partial charge in [-0.25, -0.2) is 0 Å². The van der Waals surface area contributed by atoms with E-state index < -0.39 is 6.23 Å². The molecular formula is C33H52N2O2. The van der Waals surface area contributed by atoms with Gasteiger partial charge in [0.25, 0.3) is 0 Å². The predicted octanol–water partition coefficient (Wildman–Crippen LogP) is 7.65. The third-order valence-corrected chi connectivity index (χ3v) is 8.68. The van der Waals surface area contributed by atoms with Gasteiger partial charge in [-0.3, -0.25) is 5.32 Å². The van der Waals surface area contributed by atoms with Crippen LogP contribution in [0.3, 0.4) is 0 Å². The molecule has 0 bridgehead atoms. The molecule has 1 aromatic carbocycles. The van der Waals surface area contributed by atoms with Crippen LogP contribution in [-0.4, -0.2) is 29.4 Å². The summed E-state index contributed by atoms with van der Waals surface area (Å²) in [6.45, 7) is 19.5. The van der Waals surface area contributed by atoms with Crippen molar-refractivity contribution in [3.63, 3.8) is 0 Å². The number of nitrogens with one attached hydrogen (secondary N) is 1. The fraction of sp³-hybridized carbons (Fsp3) is 0.697. The Kier molecular flexibility index (Phi) is 8.93. The van der Waals surface area contributed by atoms with E-state index in [0.29, 0.717) is 11.8 Å². The normalized spacial score (nSPS) is 20.8. The molecule has 1 saturated carbocycles. The fourth-order valence-electron chi connectivity index (χ4n) is 6.04. The maximum atomic E-state index is 11.3. The largest absolute Gasteiger partial charge is 0.381 e. The van der Waals surface area contributed by atoms with Gasteiger partial charge in [0.05, 0.1) is 6.61 Å². The minimum absolute atomic E-state index is 0.0673. The highest BCUT2D eigenvalue weighted by atomic mass is 16.5. The van der Waals surface area contributed by atoms with E-state index in [1.807, 2.05) is 0 Å². The van der Waals surface area contributed by atoms with Gasteiger partial charge in [0.15, 0.2) is 0 Å². The Morgan fingerprint density at radius 2 is 1.51 bits per heavy atom. The Bertz CT molecular complexity index is 996. The molecule has 1 aliphatic heterocycles. The number of aliphatic hydroxyl groups excluding tert-OH is 1. The Morgan fingerprint density at radius 3 is 2.08 bits per heavy atom. The van der Waals surface area contributed by atoms with Crippen molar-refractivity contribution in [2.24, 2.45) is 11.8 Å². The molecule has 0 radical (unpaired) electrons. The SMILES string of the molecule is Cc1c(C(O)NCC2CCCOC2)cc(-c2cc(C(C)(C)C)cc(C(C)(C)C)c2)n1CC1CCCCC1. The molecule has 2 atom stereocenters. The number of rotatable bonds is 7. The van der Waals surface area contributed by atoms with Gasteiger partial charge in [-0.2, -0.15) is 0 Å². The topological polar surface area (TPSA) is 46.4 Å². The molecule has 37 heavy (non-hydrogen) atoms. The van der Waals surface area contributed by atoms with Crippen LogP contribution in [0.4, 0.5) is 0 Å². The summed E-state index contributed by atoms with van der Waals surface area (Å²) >= 11 is 0. The van der Waals surface area contributed by atoms with Crippen molar-refractivity contribution in [3.05, 3.63) is 46.6 Å². The van der Waals surface area contributed by atoms with Gasteiger partial charge in [0.1, 0.15) is 6.23 Å². The highest BCUT2D eigenvalue weighted by Gasteiger charge is 2.26. The van der Waals surface area contributed by atoms with Crippen molar-refractivity contribution >= 4 is 0 Å². The van der Waals surface area contributed by atoms with Gasteiger partial charge >= 0.3 is 0 Å². The lowest BCUT2D eigenvalue weighted by molar-refractivity contribution is 0.0447. The van der Waals surface area contributed by atoms with Crippen molar-refractivity contribution in [1.82, 2.24) is 9.88 Å². The zero-order valence-electron chi connectivity index (χ0n) is 24.6. The first kappa shape index (κ1) is 28.4. The summed E-state index contributed by atoms with van der Waals surface area (Å²) in [5.74, 6) is 1.19. The minimum Gasteiger partial charge on any atom is -0.381 e. The lowest BCUT2D eigenvalue weighted by atomic mass is 9.79. The lowest BCUT2D eigenvalue weighted by Gasteiger charge is -2.27. The molecule has 2 aromatic rings. The number of hydrogen-bond acceptors (Lipinski definition) is 3. The van der Waals surface area contributed by atoms with Crippen molar-refractivity contribution in [1.29, 1.82) is 0 Å². The van der Waals surface area contributed by atoms with Crippen molar-refractivity contribution in [2.75, 3.05) is 19.8 Å². The smallest absolute Gasteiger partial charge is 0.132 e. The summed E-state index contributed by atoms with van der Waals surface area (Å²) in [7, 11) is 0. The van der Waals surface area contributed by atoms with Crippen LogP contribution < -0.4 is 5.32 Å². The van der Waals surface area contributed by atoms with Gasteiger partial charge in [0, 0.05) is 36.6 Å². The number of hydrogen-bond donors (Lipinski definition) is 2. The number of ether oxygens (including phenoxy) is 1. The molecule has 1 saturated heterocycles. The second-order valence-electron chi connectivity index (χ2n) is 13.9. The van der Waals surface area contributed by atoms with Crippen molar-refractivity contribution in [3.8, 4) is 11.3 Å². The van der Waals surface area contributed by atoms with Crippen LogP contribution in [0.15, 0.2) is 24.3 Å². The van der Waals surface area contributed by atoms with Crippen LogP contribution >= 0.6 is 0 Å². The van der Waals surface area contributed by atoms with E-state index in [0.717, 1.165) is 38.3 Å². The van der Waals surface area contributed by atoms with Crippen LogP contribution in [0.1, 0.15) is 115 Å². The van der Waals surface area contributed by atoms with E-state index in [1.165, 1.54) is 66.6 Å². The Labute approximate surface area is 226 Å². The van der Waals surface area contributed by atoms with Gasteiger partial charge in [-0.05, 0) is 90.2 Å². The molecule has 4 nitrogen and oxygen atoms in total. The van der Waals surface area contributed by atoms with Gasteiger partial charge in [0.2, 0.25) is 0 Å². The first-order valence-corrected chi connectivity index (χ1v) is 14.8. The summed E-state index contributed by atoms with van der Waals surface area (Å²) in [6.07, 6.45) is 8.29. The number of aliphatic hydroxyl groups is 1. The molecule has 1 aliphatic carbocycles. The van der Waals surface area contributed by atoms with Crippen molar-refractivity contribution in [2.45, 2.75) is 117 Å². The van der Waals surface area contributed by atoms with Crippen LogP contribution in [-0.2, 0) is 22.1 Å². The van der Waals surface area contributed by atoms with Gasteiger partial charge < -0.3 is 14.4 Å². The van der Waals surface area contributed by atoms with Crippen LogP contribution in [0.2, 0.25) is 0 Å². The van der Waals surface area contributed by atoms with E-state index in [4.69, 9.17) is 4.74 Å². The standard InChI is InChI=1S/C33H52N2O2/c1-23-29(31(36)34-20-25-14-11-15-37-22-25)19-30(35(23)21-24-12-9-8-10-13-24)26-16-27(32(2,3)4)18-28(17-26)33(5,6)7/h16-19,24-25,31,34,36H,8-15,20-22H2,1-7H3. The summed E-state index contributed by atoms with van der Waals surface area (Å²) in [4.78, 5) is 0. The third kappa shape index (κ3) is 7.07. The summed E-state index contributed by atoms with van der Waals surface area (Å²) in [6, 6.07) is 9.45. The summed E-state index contributed by atoms with van der Waals surface area (Å²) in [5.41, 5.74) is 7.60. The molecule has 206 valence electrons. The molecule has 4 heteroatoms. The van der Waals surface area contributed by atoms with E-state index >= 15 is 0 Å². The average molecular weight is 509 g/mol. The molecule has 0 amide bonds. The maximum Gasteiger partial charge on any atom is 0.132 e. The van der Waals surface area contributed by atoms with E-state index in [-0.39, 0.29) is 10.8 Å². The van der Waals surface area contributed by atoms with Crippen LogP contribution in [0, 0.1) is 18.8 Å². The first-order chi connectivity index (χ1) is 17.4. The van der Waals surface area contributed by atoms with Crippen LogP contribution in [0.5, 0.6) is 0 Å². The molecule has 0 spiro atoms. The van der Waals surface area contributed by atoms with E-state index in [2.05, 4.69) is 82.6 Å². The first-order valence-electron chi connectivity index (χ1n) is 14.8. The molecule has 2 fully saturated rings. The Balaban J connectivity index is 1.73. The molecule has 2 aliphatic rings. The number of aromatic nitrogens is 1. The molecule has 2 unspecified atom stereocenters.